The molecule has 1 aromatic rings. The quantitative estimate of drug-likeness (QED) is 0.368. The second-order valence-electron chi connectivity index (χ2n) is 4.24. The first-order valence-electron chi connectivity index (χ1n) is 7.96. The molecule has 1 amide bonds. The molecule has 0 unspecified atom stereocenters. The number of primary amides is 1. The molecule has 0 saturated heterocycles. The minimum absolute atomic E-state index is 0.360. The van der Waals surface area contributed by atoms with Crippen LogP contribution in [0.2, 0.25) is 0 Å². The molecule has 0 spiro atoms. The number of amides is 1. The molecule has 0 fully saturated rings. The number of allylic oxidation sites excluding steroid dienone is 4. The topological polar surface area (TPSA) is 56.2 Å². The zero-order chi connectivity index (χ0) is 19.0. The van der Waals surface area contributed by atoms with Crippen molar-refractivity contribution in [2.75, 3.05) is 0 Å². The van der Waals surface area contributed by atoms with E-state index in [9.17, 15) is 4.79 Å². The second-order valence-corrected chi connectivity index (χ2v) is 5.68. The van der Waals surface area contributed by atoms with Gasteiger partial charge in [0.15, 0.2) is 0 Å². The van der Waals surface area contributed by atoms with Gasteiger partial charge in [-0.05, 0) is 44.9 Å². The fourth-order valence-electron chi connectivity index (χ4n) is 1.36. The molecule has 1 rings (SSSR count). The van der Waals surface area contributed by atoms with Crippen molar-refractivity contribution in [3.05, 3.63) is 46.8 Å². The molecule has 3 nitrogen and oxygen atoms in total. The highest BCUT2D eigenvalue weighted by atomic mass is 32.2. The highest BCUT2D eigenvalue weighted by Gasteiger charge is 2.07. The Kier molecular flexibility index (Phi) is 16.7. The molecule has 0 radical (unpaired) electrons. The molecular weight excluding hydrogens is 338 g/mol. The van der Waals surface area contributed by atoms with Crippen LogP contribution in [0.1, 0.15) is 59.5 Å². The minimum Gasteiger partial charge on any atom is -0.457 e. The molecule has 1 aromatic heterocycles. The SMILES string of the molecule is C/C=C(\C)c1ccc(/C=C(\SC=S)C(N)=O)o1.C/C=C/CC.CC. The summed E-state index contributed by atoms with van der Waals surface area (Å²) in [6.45, 7) is 12.0. The van der Waals surface area contributed by atoms with E-state index >= 15 is 0 Å². The number of carbonyl (C=O) groups is 1. The van der Waals surface area contributed by atoms with Gasteiger partial charge in [0.1, 0.15) is 11.5 Å². The van der Waals surface area contributed by atoms with Crippen molar-refractivity contribution in [2.24, 2.45) is 5.73 Å². The summed E-state index contributed by atoms with van der Waals surface area (Å²) in [5, 5.41) is 0. The molecule has 0 aromatic carbocycles. The summed E-state index contributed by atoms with van der Waals surface area (Å²) in [6.07, 6.45) is 8.88. The maximum absolute atomic E-state index is 11.1. The van der Waals surface area contributed by atoms with Crippen LogP contribution in [-0.2, 0) is 4.79 Å². The van der Waals surface area contributed by atoms with E-state index in [1.165, 1.54) is 4.70 Å². The Morgan fingerprint density at radius 3 is 2.33 bits per heavy atom. The van der Waals surface area contributed by atoms with Crippen molar-refractivity contribution in [1.82, 2.24) is 0 Å². The van der Waals surface area contributed by atoms with Gasteiger partial charge in [-0.25, -0.2) is 0 Å². The monoisotopic (exact) mass is 367 g/mol. The number of hydrogen-bond acceptors (Lipinski definition) is 4. The summed E-state index contributed by atoms with van der Waals surface area (Å²) < 4.78 is 6.94. The van der Waals surface area contributed by atoms with Gasteiger partial charge in [-0.1, -0.05) is 63.0 Å². The van der Waals surface area contributed by atoms with Crippen LogP contribution in [0.25, 0.3) is 11.6 Å². The van der Waals surface area contributed by atoms with Crippen LogP contribution in [0.3, 0.4) is 0 Å². The second kappa shape index (κ2) is 16.3. The van der Waals surface area contributed by atoms with Crippen LogP contribution in [-0.4, -0.2) is 10.6 Å². The Labute approximate surface area is 156 Å². The molecular formula is C19H29NO2S2. The van der Waals surface area contributed by atoms with Crippen LogP contribution in [0.4, 0.5) is 0 Å². The molecule has 134 valence electrons. The lowest BCUT2D eigenvalue weighted by atomic mass is 10.2. The third-order valence-electron chi connectivity index (χ3n) is 2.61. The number of furan rings is 1. The molecule has 0 aliphatic rings. The largest absolute Gasteiger partial charge is 0.457 e. The predicted molar refractivity (Wildman–Crippen MR) is 113 cm³/mol. The van der Waals surface area contributed by atoms with Crippen molar-refractivity contribution in [3.8, 4) is 0 Å². The highest BCUT2D eigenvalue weighted by molar-refractivity contribution is 8.24. The zero-order valence-electron chi connectivity index (χ0n) is 15.5. The first-order valence-corrected chi connectivity index (χ1v) is 9.31. The summed E-state index contributed by atoms with van der Waals surface area (Å²) in [5.74, 6) is 0.839. The van der Waals surface area contributed by atoms with Crippen molar-refractivity contribution >= 4 is 46.2 Å². The van der Waals surface area contributed by atoms with Crippen molar-refractivity contribution in [2.45, 2.75) is 48.0 Å². The molecule has 0 aliphatic heterocycles. The molecule has 5 heteroatoms. The number of carbonyl (C=O) groups excluding carboxylic acids is 1. The number of rotatable bonds is 6. The highest BCUT2D eigenvalue weighted by Crippen LogP contribution is 2.22. The molecule has 0 saturated carbocycles. The van der Waals surface area contributed by atoms with E-state index < -0.39 is 5.91 Å². The third-order valence-corrected chi connectivity index (χ3v) is 3.57. The maximum Gasteiger partial charge on any atom is 0.255 e. The number of hydrogen-bond donors (Lipinski definition) is 1. The molecule has 24 heavy (non-hydrogen) atoms. The standard InChI is InChI=1S/C12H13NO2S2.C5H10.C2H6/c1-3-8(2)10-5-4-9(15-10)6-11(12(13)14)17-7-16;1-3-5-4-2;1-2/h3-7H,1-2H3,(H2,13,14);3,5H,4H2,1-2H3;1-2H3/b8-3+,11-6-;5-3+;. The van der Waals surface area contributed by atoms with Gasteiger partial charge < -0.3 is 10.2 Å². The summed E-state index contributed by atoms with van der Waals surface area (Å²) in [6, 6.07) is 3.64. The average molecular weight is 368 g/mol. The van der Waals surface area contributed by atoms with E-state index in [0.717, 1.165) is 29.5 Å². The summed E-state index contributed by atoms with van der Waals surface area (Å²) in [7, 11) is 0. The smallest absolute Gasteiger partial charge is 0.255 e. The fourth-order valence-corrected chi connectivity index (χ4v) is 2.08. The van der Waals surface area contributed by atoms with Gasteiger partial charge in [-0.3, -0.25) is 4.79 Å². The normalized spacial score (nSPS) is 11.2. The summed E-state index contributed by atoms with van der Waals surface area (Å²) in [5.41, 5.74) is 6.25. The van der Waals surface area contributed by atoms with E-state index in [1.54, 1.807) is 12.1 Å². The lowest BCUT2D eigenvalue weighted by Crippen LogP contribution is -2.11. The Morgan fingerprint density at radius 1 is 1.33 bits per heavy atom. The van der Waals surface area contributed by atoms with Gasteiger partial charge >= 0.3 is 0 Å². The Hall–Kier alpha value is -1.59. The van der Waals surface area contributed by atoms with Crippen molar-refractivity contribution in [3.63, 3.8) is 0 Å². The van der Waals surface area contributed by atoms with Gasteiger partial charge in [0.2, 0.25) is 0 Å². The average Bonchev–Trinajstić information content (AvgIpc) is 3.05. The summed E-state index contributed by atoms with van der Waals surface area (Å²) in [4.78, 5) is 11.5. The Morgan fingerprint density at radius 2 is 1.96 bits per heavy atom. The fraction of sp³-hybridized carbons (Fsp3) is 0.368. The molecule has 0 atom stereocenters. The maximum atomic E-state index is 11.1. The van der Waals surface area contributed by atoms with Crippen molar-refractivity contribution < 1.29 is 9.21 Å². The molecule has 0 bridgehead atoms. The van der Waals surface area contributed by atoms with E-state index in [2.05, 4.69) is 31.3 Å². The van der Waals surface area contributed by atoms with Gasteiger partial charge in [0, 0.05) is 10.8 Å². The number of thioether (sulfide) groups is 1. The van der Waals surface area contributed by atoms with Crippen LogP contribution >= 0.6 is 24.0 Å². The zero-order valence-corrected chi connectivity index (χ0v) is 17.1. The van der Waals surface area contributed by atoms with Crippen LogP contribution in [0.15, 0.2) is 39.7 Å². The predicted octanol–water partition coefficient (Wildman–Crippen LogP) is 6.22. The third kappa shape index (κ3) is 11.0. The van der Waals surface area contributed by atoms with E-state index in [4.69, 9.17) is 10.2 Å². The van der Waals surface area contributed by atoms with Gasteiger partial charge in [-0.15, -0.1) is 0 Å². The Bertz CT molecular complexity index is 570. The molecule has 0 aliphatic carbocycles. The van der Waals surface area contributed by atoms with Crippen LogP contribution in [0.5, 0.6) is 0 Å². The van der Waals surface area contributed by atoms with Gasteiger partial charge in [0.05, 0.1) is 4.91 Å². The van der Waals surface area contributed by atoms with Gasteiger partial charge in [0.25, 0.3) is 5.91 Å². The van der Waals surface area contributed by atoms with Crippen LogP contribution < -0.4 is 5.73 Å². The first kappa shape index (κ1) is 24.7. The van der Waals surface area contributed by atoms with Crippen LogP contribution in [0, 0.1) is 0 Å². The van der Waals surface area contributed by atoms with Gasteiger partial charge in [-0.2, -0.15) is 0 Å². The van der Waals surface area contributed by atoms with E-state index in [-0.39, 0.29) is 0 Å². The van der Waals surface area contributed by atoms with E-state index in [1.807, 2.05) is 46.8 Å². The molecule has 1 heterocycles. The lowest BCUT2D eigenvalue weighted by Gasteiger charge is -1.97. The van der Waals surface area contributed by atoms with Crippen molar-refractivity contribution in [1.29, 1.82) is 0 Å². The molecule has 2 N–H and O–H groups in total. The summed E-state index contributed by atoms with van der Waals surface area (Å²) >= 11 is 5.78. The minimum atomic E-state index is -0.517. The number of thiocarbonyl (C=S) groups is 1. The Balaban J connectivity index is 0. The van der Waals surface area contributed by atoms with E-state index in [0.29, 0.717) is 10.7 Å². The lowest BCUT2D eigenvalue weighted by molar-refractivity contribution is -0.113. The number of nitrogens with two attached hydrogens (primary N) is 1. The first-order chi connectivity index (χ1) is 11.5.